The van der Waals surface area contributed by atoms with E-state index in [-0.39, 0.29) is 10.6 Å². The van der Waals surface area contributed by atoms with Crippen LogP contribution in [0.25, 0.3) is 0 Å². The second-order valence-electron chi connectivity index (χ2n) is 2.63. The Kier molecular flexibility index (Phi) is 2.87. The molecule has 5 heteroatoms. The zero-order valence-corrected chi connectivity index (χ0v) is 8.88. The third-order valence-electron chi connectivity index (χ3n) is 1.72. The lowest BCUT2D eigenvalue weighted by molar-refractivity contribution is -0.384. The molecule has 0 aliphatic heterocycles. The van der Waals surface area contributed by atoms with E-state index in [1.165, 1.54) is 0 Å². The monoisotopic (exact) mass is 244 g/mol. The van der Waals surface area contributed by atoms with Gasteiger partial charge in [0.05, 0.1) is 4.92 Å². The Morgan fingerprint density at radius 2 is 2.15 bits per heavy atom. The van der Waals surface area contributed by atoms with Crippen molar-refractivity contribution in [3.63, 3.8) is 0 Å². The maximum absolute atomic E-state index is 10.7. The molecule has 70 valence electrons. The van der Waals surface area contributed by atoms with Gasteiger partial charge in [0.1, 0.15) is 5.69 Å². The minimum absolute atomic E-state index is 0.130. The van der Waals surface area contributed by atoms with Crippen molar-refractivity contribution < 1.29 is 4.92 Å². The number of anilines is 1. The van der Waals surface area contributed by atoms with Gasteiger partial charge in [0.25, 0.3) is 5.69 Å². The van der Waals surface area contributed by atoms with Crippen LogP contribution in [0, 0.1) is 17.0 Å². The van der Waals surface area contributed by atoms with Gasteiger partial charge in [0.15, 0.2) is 0 Å². The van der Waals surface area contributed by atoms with Crippen molar-refractivity contribution in [2.24, 2.45) is 0 Å². The topological polar surface area (TPSA) is 55.2 Å². The van der Waals surface area contributed by atoms with E-state index in [4.69, 9.17) is 0 Å². The molecule has 0 aliphatic carbocycles. The number of hydrogen-bond donors (Lipinski definition) is 1. The highest BCUT2D eigenvalue weighted by atomic mass is 79.9. The Balaban J connectivity index is 3.38. The van der Waals surface area contributed by atoms with Gasteiger partial charge in [0, 0.05) is 17.1 Å². The third-order valence-corrected chi connectivity index (χ3v) is 2.18. The van der Waals surface area contributed by atoms with Gasteiger partial charge in [-0.3, -0.25) is 10.1 Å². The summed E-state index contributed by atoms with van der Waals surface area (Å²) in [4.78, 5) is 10.3. The van der Waals surface area contributed by atoms with Crippen LogP contribution < -0.4 is 5.32 Å². The molecule has 0 heterocycles. The molecule has 1 N–H and O–H groups in total. The van der Waals surface area contributed by atoms with Crippen LogP contribution in [0.1, 0.15) is 5.56 Å². The Morgan fingerprint density at radius 3 is 2.62 bits per heavy atom. The van der Waals surface area contributed by atoms with Crippen LogP contribution >= 0.6 is 15.9 Å². The number of rotatable bonds is 2. The van der Waals surface area contributed by atoms with Crippen LogP contribution in [0.2, 0.25) is 0 Å². The van der Waals surface area contributed by atoms with Crippen LogP contribution in [0.3, 0.4) is 0 Å². The fourth-order valence-electron chi connectivity index (χ4n) is 1.17. The summed E-state index contributed by atoms with van der Waals surface area (Å²) in [6.07, 6.45) is 0. The summed E-state index contributed by atoms with van der Waals surface area (Å²) in [7, 11) is 1.66. The SMILES string of the molecule is CNc1cc(Br)cc(C)c1[N+](=O)[O-]. The minimum atomic E-state index is -0.381. The highest BCUT2D eigenvalue weighted by Crippen LogP contribution is 2.31. The number of nitrogens with zero attached hydrogens (tertiary/aromatic N) is 1. The minimum Gasteiger partial charge on any atom is -0.383 e. The van der Waals surface area contributed by atoms with Gasteiger partial charge in [-0.15, -0.1) is 0 Å². The molecule has 0 spiro atoms. The average molecular weight is 245 g/mol. The van der Waals surface area contributed by atoms with E-state index >= 15 is 0 Å². The van der Waals surface area contributed by atoms with E-state index in [2.05, 4.69) is 21.2 Å². The van der Waals surface area contributed by atoms with Gasteiger partial charge in [-0.1, -0.05) is 15.9 Å². The molecule has 13 heavy (non-hydrogen) atoms. The summed E-state index contributed by atoms with van der Waals surface area (Å²) in [6, 6.07) is 3.41. The number of aryl methyl sites for hydroxylation is 1. The Hall–Kier alpha value is -1.10. The zero-order chi connectivity index (χ0) is 10.0. The molecule has 0 fully saturated rings. The maximum Gasteiger partial charge on any atom is 0.295 e. The molecule has 0 aliphatic rings. The number of benzene rings is 1. The lowest BCUT2D eigenvalue weighted by atomic mass is 10.2. The molecule has 4 nitrogen and oxygen atoms in total. The summed E-state index contributed by atoms with van der Waals surface area (Å²) >= 11 is 3.27. The van der Waals surface area contributed by atoms with Gasteiger partial charge in [0.2, 0.25) is 0 Å². The van der Waals surface area contributed by atoms with Crippen molar-refractivity contribution in [1.29, 1.82) is 0 Å². The van der Waals surface area contributed by atoms with E-state index in [1.54, 1.807) is 26.1 Å². The molecule has 1 rings (SSSR count). The molecule has 0 atom stereocenters. The molecule has 0 radical (unpaired) electrons. The molecule has 0 unspecified atom stereocenters. The van der Waals surface area contributed by atoms with Crippen LogP contribution in [-0.4, -0.2) is 12.0 Å². The van der Waals surface area contributed by atoms with E-state index in [0.29, 0.717) is 11.3 Å². The molecule has 0 aromatic heterocycles. The second kappa shape index (κ2) is 3.74. The maximum atomic E-state index is 10.7. The second-order valence-corrected chi connectivity index (χ2v) is 3.54. The predicted octanol–water partition coefficient (Wildman–Crippen LogP) is 2.71. The van der Waals surface area contributed by atoms with Crippen LogP contribution in [0.15, 0.2) is 16.6 Å². The molecular weight excluding hydrogens is 236 g/mol. The number of nitro groups is 1. The van der Waals surface area contributed by atoms with E-state index in [1.807, 2.05) is 0 Å². The quantitative estimate of drug-likeness (QED) is 0.643. The molecule has 0 amide bonds. The molecule has 1 aromatic carbocycles. The number of nitro benzene ring substituents is 1. The van der Waals surface area contributed by atoms with Gasteiger partial charge in [-0.05, 0) is 19.1 Å². The Labute approximate surface area is 84.2 Å². The largest absolute Gasteiger partial charge is 0.383 e. The first-order valence-corrected chi connectivity index (χ1v) is 4.48. The van der Waals surface area contributed by atoms with Crippen LogP contribution in [0.5, 0.6) is 0 Å². The van der Waals surface area contributed by atoms with E-state index in [9.17, 15) is 10.1 Å². The number of nitrogens with one attached hydrogen (secondary N) is 1. The van der Waals surface area contributed by atoms with Gasteiger partial charge in [-0.25, -0.2) is 0 Å². The van der Waals surface area contributed by atoms with Gasteiger partial charge < -0.3 is 5.32 Å². The number of hydrogen-bond acceptors (Lipinski definition) is 3. The molecule has 0 saturated carbocycles. The predicted molar refractivity (Wildman–Crippen MR) is 55.1 cm³/mol. The first-order valence-electron chi connectivity index (χ1n) is 3.68. The lowest BCUT2D eigenvalue weighted by Gasteiger charge is -2.04. The average Bonchev–Trinajstić information content (AvgIpc) is 2.01. The van der Waals surface area contributed by atoms with Crippen molar-refractivity contribution >= 4 is 27.3 Å². The summed E-state index contributed by atoms with van der Waals surface area (Å²) < 4.78 is 0.833. The summed E-state index contributed by atoms with van der Waals surface area (Å²) in [5, 5.41) is 13.4. The van der Waals surface area contributed by atoms with Crippen molar-refractivity contribution in [2.45, 2.75) is 6.92 Å². The normalized spacial score (nSPS) is 9.77. The van der Waals surface area contributed by atoms with Crippen molar-refractivity contribution in [3.8, 4) is 0 Å². The van der Waals surface area contributed by atoms with Crippen molar-refractivity contribution in [3.05, 3.63) is 32.3 Å². The Bertz CT molecular complexity index is 352. The van der Waals surface area contributed by atoms with Gasteiger partial charge >= 0.3 is 0 Å². The zero-order valence-electron chi connectivity index (χ0n) is 7.30. The molecule has 0 bridgehead atoms. The van der Waals surface area contributed by atoms with Crippen LogP contribution in [0.4, 0.5) is 11.4 Å². The fourth-order valence-corrected chi connectivity index (χ4v) is 1.74. The van der Waals surface area contributed by atoms with Crippen molar-refractivity contribution in [1.82, 2.24) is 0 Å². The lowest BCUT2D eigenvalue weighted by Crippen LogP contribution is -1.98. The fraction of sp³-hybridized carbons (Fsp3) is 0.250. The molecule has 0 saturated heterocycles. The van der Waals surface area contributed by atoms with Crippen molar-refractivity contribution in [2.75, 3.05) is 12.4 Å². The number of halogens is 1. The molecule has 1 aromatic rings. The van der Waals surface area contributed by atoms with Gasteiger partial charge in [-0.2, -0.15) is 0 Å². The highest BCUT2D eigenvalue weighted by molar-refractivity contribution is 9.10. The highest BCUT2D eigenvalue weighted by Gasteiger charge is 2.16. The van der Waals surface area contributed by atoms with E-state index in [0.717, 1.165) is 4.47 Å². The van der Waals surface area contributed by atoms with Crippen LogP contribution in [-0.2, 0) is 0 Å². The summed E-state index contributed by atoms with van der Waals surface area (Å²) in [6.45, 7) is 1.71. The summed E-state index contributed by atoms with van der Waals surface area (Å²) in [5.74, 6) is 0. The van der Waals surface area contributed by atoms with E-state index < -0.39 is 0 Å². The Morgan fingerprint density at radius 1 is 1.54 bits per heavy atom. The third kappa shape index (κ3) is 1.98. The first kappa shape index (κ1) is 9.98. The summed E-state index contributed by atoms with van der Waals surface area (Å²) in [5.41, 5.74) is 1.30. The standard InChI is InChI=1S/C8H9BrN2O2/c1-5-3-6(9)4-7(10-2)8(5)11(12)13/h3-4,10H,1-2H3. The first-order chi connectivity index (χ1) is 6.06. The smallest absolute Gasteiger partial charge is 0.295 e. The molecular formula is C8H9BrN2O2.